The third kappa shape index (κ3) is 11.3. The lowest BCUT2D eigenvalue weighted by molar-refractivity contribution is -0.119. The highest BCUT2D eigenvalue weighted by Gasteiger charge is 2.17. The first kappa shape index (κ1) is 28.7. The second kappa shape index (κ2) is 16.2. The Balaban J connectivity index is 1.65. The van der Waals surface area contributed by atoms with Gasteiger partial charge in [0.15, 0.2) is 0 Å². The number of amides is 1. The Hall–Kier alpha value is -1.53. The summed E-state index contributed by atoms with van der Waals surface area (Å²) in [7, 11) is -3.56. The van der Waals surface area contributed by atoms with Gasteiger partial charge in [0.05, 0.1) is 6.54 Å². The highest BCUT2D eigenvalue weighted by Crippen LogP contribution is 2.23. The molecule has 2 rings (SSSR count). The number of benzene rings is 1. The molecule has 0 aliphatic rings. The summed E-state index contributed by atoms with van der Waals surface area (Å²) in [5.74, 6) is 0. The van der Waals surface area contributed by atoms with Gasteiger partial charge in [-0.2, -0.15) is 0 Å². The molecule has 1 aromatic heterocycles. The number of nitrogens with two attached hydrogens (primary N) is 1. The molecule has 0 spiro atoms. The molecule has 34 heavy (non-hydrogen) atoms. The van der Waals surface area contributed by atoms with Crippen molar-refractivity contribution in [3.8, 4) is 0 Å². The molecule has 2 aromatic rings. The van der Waals surface area contributed by atoms with Crippen LogP contribution in [0.2, 0.25) is 5.02 Å². The first-order chi connectivity index (χ1) is 16.4. The van der Waals surface area contributed by atoms with Crippen molar-refractivity contribution in [3.63, 3.8) is 0 Å². The second-order valence-corrected chi connectivity index (χ2v) is 11.6. The van der Waals surface area contributed by atoms with Crippen LogP contribution in [0.5, 0.6) is 0 Å². The number of unbranched alkanes of at least 4 members (excludes halogenated alkanes) is 1. The molecule has 1 amide bonds. The zero-order chi connectivity index (χ0) is 24.7. The van der Waals surface area contributed by atoms with E-state index in [4.69, 9.17) is 17.3 Å². The number of sulfonamides is 1. The molecule has 0 aliphatic heterocycles. The fraction of sp³-hybridized carbons (Fsp3) is 0.522. The maximum Gasteiger partial charge on any atom is 0.250 e. The van der Waals surface area contributed by atoms with Gasteiger partial charge in [0.2, 0.25) is 16.4 Å². The van der Waals surface area contributed by atoms with Crippen molar-refractivity contribution >= 4 is 39.4 Å². The molecule has 0 atom stereocenters. The summed E-state index contributed by atoms with van der Waals surface area (Å²) in [4.78, 5) is 13.9. The van der Waals surface area contributed by atoms with Gasteiger partial charge < -0.3 is 21.3 Å². The van der Waals surface area contributed by atoms with E-state index in [-0.39, 0.29) is 4.21 Å². The van der Waals surface area contributed by atoms with E-state index in [2.05, 4.69) is 15.4 Å². The number of thiophene rings is 1. The monoisotopic (exact) mass is 529 g/mol. The molecule has 190 valence electrons. The second-order valence-electron chi connectivity index (χ2n) is 7.96. The molecule has 0 saturated carbocycles. The third-order valence-electron chi connectivity index (χ3n) is 5.05. The fourth-order valence-electron chi connectivity index (χ4n) is 3.21. The predicted octanol–water partition coefficient (Wildman–Crippen LogP) is 2.54. The molecular formula is C23H36ClN5O3S2. The van der Waals surface area contributed by atoms with E-state index >= 15 is 0 Å². The largest absolute Gasteiger partial charge is 0.336 e. The van der Waals surface area contributed by atoms with Crippen molar-refractivity contribution in [2.75, 3.05) is 39.3 Å². The number of hydrogen-bond donors (Lipinski definition) is 4. The minimum Gasteiger partial charge on any atom is -0.336 e. The van der Waals surface area contributed by atoms with E-state index in [1.165, 1.54) is 11.3 Å². The van der Waals surface area contributed by atoms with Crippen molar-refractivity contribution in [1.82, 2.24) is 20.3 Å². The highest BCUT2D eigenvalue weighted by atomic mass is 35.5. The van der Waals surface area contributed by atoms with Gasteiger partial charge in [-0.25, -0.2) is 13.1 Å². The van der Waals surface area contributed by atoms with Gasteiger partial charge in [-0.05, 0) is 88.2 Å². The molecule has 0 bridgehead atoms. The number of halogens is 1. The van der Waals surface area contributed by atoms with Crippen LogP contribution in [0.3, 0.4) is 0 Å². The van der Waals surface area contributed by atoms with Crippen LogP contribution in [0.25, 0.3) is 0 Å². The van der Waals surface area contributed by atoms with Crippen molar-refractivity contribution in [2.45, 2.75) is 43.0 Å². The zero-order valence-corrected chi connectivity index (χ0v) is 21.9. The van der Waals surface area contributed by atoms with Crippen LogP contribution < -0.4 is 21.1 Å². The lowest BCUT2D eigenvalue weighted by atomic mass is 10.2. The summed E-state index contributed by atoms with van der Waals surface area (Å²) in [6, 6.07) is 10.6. The average molecular weight is 530 g/mol. The van der Waals surface area contributed by atoms with E-state index in [9.17, 15) is 13.2 Å². The molecular weight excluding hydrogens is 494 g/mol. The van der Waals surface area contributed by atoms with Crippen LogP contribution >= 0.6 is 22.9 Å². The first-order valence-electron chi connectivity index (χ1n) is 11.6. The highest BCUT2D eigenvalue weighted by molar-refractivity contribution is 7.91. The standard InChI is InChI=1S/C23H36ClN5O3S2/c24-21-7-5-20(6-8-21)17-29(19-30)18-22-9-10-23(33-22)34(31,32)28-16-4-15-27-13-2-1-12-26-14-3-11-25/h5-10,19,26-28H,1-4,11-18,25H2. The maximum atomic E-state index is 12.6. The number of nitrogens with zero attached hydrogens (tertiary/aromatic N) is 1. The van der Waals surface area contributed by atoms with E-state index < -0.39 is 10.0 Å². The minimum absolute atomic E-state index is 0.259. The quantitative estimate of drug-likeness (QED) is 0.164. The van der Waals surface area contributed by atoms with Gasteiger partial charge in [0, 0.05) is 23.0 Å². The lowest BCUT2D eigenvalue weighted by Crippen LogP contribution is -2.27. The number of hydrogen-bond acceptors (Lipinski definition) is 7. The Morgan fingerprint density at radius 1 is 0.882 bits per heavy atom. The van der Waals surface area contributed by atoms with Crippen LogP contribution in [0.4, 0.5) is 0 Å². The van der Waals surface area contributed by atoms with Crippen LogP contribution in [-0.2, 0) is 27.9 Å². The zero-order valence-electron chi connectivity index (χ0n) is 19.5. The van der Waals surface area contributed by atoms with Crippen molar-refractivity contribution in [2.24, 2.45) is 5.73 Å². The SMILES string of the molecule is NCCCNCCCCNCCCNS(=O)(=O)c1ccc(CN(C=O)Cc2ccc(Cl)cc2)s1. The predicted molar refractivity (Wildman–Crippen MR) is 140 cm³/mol. The van der Waals surface area contributed by atoms with E-state index in [0.29, 0.717) is 31.1 Å². The van der Waals surface area contributed by atoms with E-state index in [0.717, 1.165) is 68.8 Å². The molecule has 0 saturated heterocycles. The average Bonchev–Trinajstić information content (AvgIpc) is 3.30. The molecule has 1 aromatic carbocycles. The fourth-order valence-corrected chi connectivity index (χ4v) is 5.84. The van der Waals surface area contributed by atoms with Gasteiger partial charge in [-0.1, -0.05) is 23.7 Å². The topological polar surface area (TPSA) is 117 Å². The van der Waals surface area contributed by atoms with Crippen LogP contribution in [-0.4, -0.2) is 59.0 Å². The van der Waals surface area contributed by atoms with Gasteiger partial charge >= 0.3 is 0 Å². The Morgan fingerprint density at radius 3 is 2.18 bits per heavy atom. The maximum absolute atomic E-state index is 12.6. The van der Waals surface area contributed by atoms with Gasteiger partial charge in [0.1, 0.15) is 4.21 Å². The number of rotatable bonds is 19. The number of carbonyl (C=O) groups is 1. The van der Waals surface area contributed by atoms with Crippen molar-refractivity contribution in [1.29, 1.82) is 0 Å². The Labute approximate surface area is 212 Å². The smallest absolute Gasteiger partial charge is 0.250 e. The Morgan fingerprint density at radius 2 is 1.53 bits per heavy atom. The molecule has 11 heteroatoms. The minimum atomic E-state index is -3.56. The molecule has 0 unspecified atom stereocenters. The van der Waals surface area contributed by atoms with E-state index in [1.807, 2.05) is 12.1 Å². The normalized spacial score (nSPS) is 11.6. The molecule has 0 aliphatic carbocycles. The summed E-state index contributed by atoms with van der Waals surface area (Å²) >= 11 is 7.08. The van der Waals surface area contributed by atoms with Crippen LogP contribution in [0.1, 0.15) is 36.1 Å². The molecule has 5 N–H and O–H groups in total. The van der Waals surface area contributed by atoms with Gasteiger partial charge in [-0.3, -0.25) is 4.79 Å². The van der Waals surface area contributed by atoms with Crippen LogP contribution in [0, 0.1) is 0 Å². The van der Waals surface area contributed by atoms with Crippen molar-refractivity contribution in [3.05, 3.63) is 51.9 Å². The lowest BCUT2D eigenvalue weighted by Gasteiger charge is -2.16. The van der Waals surface area contributed by atoms with Crippen molar-refractivity contribution < 1.29 is 13.2 Å². The third-order valence-corrected chi connectivity index (χ3v) is 8.32. The summed E-state index contributed by atoms with van der Waals surface area (Å²) in [6.07, 6.45) is 4.67. The van der Waals surface area contributed by atoms with Crippen LogP contribution in [0.15, 0.2) is 40.6 Å². The summed E-state index contributed by atoms with van der Waals surface area (Å²) in [5, 5.41) is 7.33. The summed E-state index contributed by atoms with van der Waals surface area (Å²) in [6.45, 7) is 5.51. The Kier molecular flexibility index (Phi) is 13.7. The van der Waals surface area contributed by atoms with Gasteiger partial charge in [-0.15, -0.1) is 11.3 Å². The summed E-state index contributed by atoms with van der Waals surface area (Å²) in [5.41, 5.74) is 6.40. The molecule has 8 nitrogen and oxygen atoms in total. The van der Waals surface area contributed by atoms with Gasteiger partial charge in [0.25, 0.3) is 0 Å². The number of carbonyl (C=O) groups excluding carboxylic acids is 1. The van der Waals surface area contributed by atoms with E-state index in [1.54, 1.807) is 29.2 Å². The molecule has 0 fully saturated rings. The molecule has 0 radical (unpaired) electrons. The first-order valence-corrected chi connectivity index (χ1v) is 14.3. The molecule has 1 heterocycles. The Bertz CT molecular complexity index is 938. The summed E-state index contributed by atoms with van der Waals surface area (Å²) < 4.78 is 28.1. The number of nitrogens with one attached hydrogen (secondary N) is 3.